The van der Waals surface area contributed by atoms with Crippen molar-refractivity contribution in [1.29, 1.82) is 0 Å². The molecule has 0 radical (unpaired) electrons. The second-order valence-electron chi connectivity index (χ2n) is 6.04. The molecule has 0 bridgehead atoms. The van der Waals surface area contributed by atoms with Gasteiger partial charge in [0.1, 0.15) is 17.3 Å². The molecule has 8 heteroatoms. The first-order valence-corrected chi connectivity index (χ1v) is 8.72. The number of methoxy groups -OCH3 is 1. The Bertz CT molecular complexity index is 988. The molecule has 3 aromatic rings. The van der Waals surface area contributed by atoms with E-state index in [1.807, 2.05) is 0 Å². The Morgan fingerprint density at radius 3 is 2.62 bits per heavy atom. The number of alkyl halides is 2. The molecule has 0 aliphatic carbocycles. The van der Waals surface area contributed by atoms with Crippen LogP contribution >= 0.6 is 0 Å². The number of nitrogens with one attached hydrogen (secondary N) is 1. The van der Waals surface area contributed by atoms with Crippen LogP contribution in [0.5, 0.6) is 11.5 Å². The van der Waals surface area contributed by atoms with Crippen LogP contribution in [0.15, 0.2) is 59.0 Å². The molecule has 2 aromatic carbocycles. The van der Waals surface area contributed by atoms with Gasteiger partial charge in [-0.25, -0.2) is 4.39 Å². The summed E-state index contributed by atoms with van der Waals surface area (Å²) in [5.74, 6) is 0.104. The molecule has 5 nitrogen and oxygen atoms in total. The summed E-state index contributed by atoms with van der Waals surface area (Å²) < 4.78 is 53.7. The first-order chi connectivity index (χ1) is 14.0. The Hall–Kier alpha value is -3.42. The molecule has 1 aromatic heterocycles. The van der Waals surface area contributed by atoms with E-state index in [-0.39, 0.29) is 35.9 Å². The molecule has 0 aliphatic rings. The quantitative estimate of drug-likeness (QED) is 0.555. The maximum atomic E-state index is 13.8. The monoisotopic (exact) mass is 405 g/mol. The first-order valence-electron chi connectivity index (χ1n) is 8.72. The number of hydrogen-bond acceptors (Lipinski definition) is 4. The van der Waals surface area contributed by atoms with Gasteiger partial charge in [0.2, 0.25) is 5.91 Å². The number of amides is 1. The largest absolute Gasteiger partial charge is 0.493 e. The Morgan fingerprint density at radius 2 is 1.90 bits per heavy atom. The lowest BCUT2D eigenvalue weighted by Crippen LogP contribution is -2.12. The number of carbonyl (C=O) groups is 1. The number of aryl methyl sites for hydroxylation is 1. The van der Waals surface area contributed by atoms with Crippen LogP contribution in [-0.2, 0) is 11.2 Å². The molecule has 1 amide bonds. The Kier molecular flexibility index (Phi) is 6.43. The smallest absolute Gasteiger partial charge is 0.387 e. The average molecular weight is 405 g/mol. The predicted molar refractivity (Wildman–Crippen MR) is 101 cm³/mol. The van der Waals surface area contributed by atoms with Gasteiger partial charge < -0.3 is 19.2 Å². The summed E-state index contributed by atoms with van der Waals surface area (Å²) in [5.41, 5.74) is 0.630. The molecular weight excluding hydrogens is 387 g/mol. The van der Waals surface area contributed by atoms with E-state index in [2.05, 4.69) is 10.1 Å². The van der Waals surface area contributed by atoms with Crippen molar-refractivity contribution in [2.75, 3.05) is 12.4 Å². The fourth-order valence-corrected chi connectivity index (χ4v) is 2.72. The van der Waals surface area contributed by atoms with Crippen molar-refractivity contribution >= 4 is 11.6 Å². The van der Waals surface area contributed by atoms with Crippen molar-refractivity contribution in [3.8, 4) is 22.8 Å². The van der Waals surface area contributed by atoms with E-state index in [1.165, 1.54) is 31.4 Å². The zero-order valence-corrected chi connectivity index (χ0v) is 15.5. The van der Waals surface area contributed by atoms with Crippen molar-refractivity contribution in [3.05, 3.63) is 66.2 Å². The number of benzene rings is 2. The molecule has 29 heavy (non-hydrogen) atoms. The lowest BCUT2D eigenvalue weighted by atomic mass is 10.1. The number of furan rings is 1. The lowest BCUT2D eigenvalue weighted by molar-refractivity contribution is -0.116. The van der Waals surface area contributed by atoms with E-state index in [9.17, 15) is 18.0 Å². The van der Waals surface area contributed by atoms with Crippen molar-refractivity contribution in [2.45, 2.75) is 19.5 Å². The SMILES string of the molecule is COc1ccc(NC(=O)CCc2ccc(-c3ccccc3F)o2)cc1OC(F)F. The summed E-state index contributed by atoms with van der Waals surface area (Å²) in [7, 11) is 1.32. The normalized spacial score (nSPS) is 10.8. The molecule has 0 unspecified atom stereocenters. The number of anilines is 1. The van der Waals surface area contributed by atoms with Gasteiger partial charge in [-0.05, 0) is 36.4 Å². The number of halogens is 3. The molecule has 0 atom stereocenters. The Balaban J connectivity index is 1.60. The average Bonchev–Trinajstić information content (AvgIpc) is 3.15. The van der Waals surface area contributed by atoms with Crippen LogP contribution in [0.4, 0.5) is 18.9 Å². The standard InChI is InChI=1S/C21H18F3NO4/c1-27-18-9-6-13(12-19(18)29-21(23)24)25-20(26)11-8-14-7-10-17(28-14)15-4-2-3-5-16(15)22/h2-7,9-10,12,21H,8,11H2,1H3,(H,25,26). The van der Waals surface area contributed by atoms with E-state index >= 15 is 0 Å². The molecule has 0 fully saturated rings. The summed E-state index contributed by atoms with van der Waals surface area (Å²) >= 11 is 0. The van der Waals surface area contributed by atoms with E-state index in [4.69, 9.17) is 9.15 Å². The van der Waals surface area contributed by atoms with Crippen molar-refractivity contribution < 1.29 is 31.9 Å². The topological polar surface area (TPSA) is 60.7 Å². The highest BCUT2D eigenvalue weighted by atomic mass is 19.3. The molecule has 152 valence electrons. The molecule has 0 saturated heterocycles. The van der Waals surface area contributed by atoms with Crippen molar-refractivity contribution in [1.82, 2.24) is 0 Å². The van der Waals surface area contributed by atoms with Gasteiger partial charge >= 0.3 is 6.61 Å². The second kappa shape index (κ2) is 9.18. The van der Waals surface area contributed by atoms with E-state index in [0.717, 1.165) is 0 Å². The lowest BCUT2D eigenvalue weighted by Gasteiger charge is -2.12. The van der Waals surface area contributed by atoms with Gasteiger partial charge in [-0.2, -0.15) is 8.78 Å². The van der Waals surface area contributed by atoms with Crippen molar-refractivity contribution in [3.63, 3.8) is 0 Å². The van der Waals surface area contributed by atoms with Gasteiger partial charge in [-0.1, -0.05) is 12.1 Å². The molecule has 0 saturated carbocycles. The fraction of sp³-hybridized carbons (Fsp3) is 0.190. The molecule has 1 heterocycles. The van der Waals surface area contributed by atoms with Crippen LogP contribution in [0.25, 0.3) is 11.3 Å². The minimum absolute atomic E-state index is 0.0846. The molecule has 3 rings (SSSR count). The van der Waals surface area contributed by atoms with Crippen LogP contribution in [0, 0.1) is 5.82 Å². The van der Waals surface area contributed by atoms with Crippen LogP contribution in [0.3, 0.4) is 0 Å². The minimum atomic E-state index is -3.02. The zero-order valence-electron chi connectivity index (χ0n) is 15.5. The maximum Gasteiger partial charge on any atom is 0.387 e. The Labute approximate surface area is 165 Å². The van der Waals surface area contributed by atoms with Gasteiger partial charge in [0, 0.05) is 24.6 Å². The molecular formula is C21H18F3NO4. The van der Waals surface area contributed by atoms with Gasteiger partial charge in [0.15, 0.2) is 11.5 Å². The number of carbonyl (C=O) groups excluding carboxylic acids is 1. The van der Waals surface area contributed by atoms with E-state index < -0.39 is 12.4 Å². The molecule has 0 aliphatic heterocycles. The Morgan fingerprint density at radius 1 is 1.10 bits per heavy atom. The third-order valence-electron chi connectivity index (χ3n) is 4.06. The van der Waals surface area contributed by atoms with Gasteiger partial charge in [-0.3, -0.25) is 4.79 Å². The first kappa shape index (κ1) is 20.3. The third-order valence-corrected chi connectivity index (χ3v) is 4.06. The highest BCUT2D eigenvalue weighted by Crippen LogP contribution is 2.31. The fourth-order valence-electron chi connectivity index (χ4n) is 2.72. The second-order valence-corrected chi connectivity index (χ2v) is 6.04. The molecule has 0 spiro atoms. The van der Waals surface area contributed by atoms with Crippen LogP contribution in [-0.4, -0.2) is 19.6 Å². The summed E-state index contributed by atoms with van der Waals surface area (Å²) in [5, 5.41) is 2.60. The summed E-state index contributed by atoms with van der Waals surface area (Å²) in [4.78, 5) is 12.2. The minimum Gasteiger partial charge on any atom is -0.493 e. The summed E-state index contributed by atoms with van der Waals surface area (Å²) in [6.45, 7) is -3.02. The highest BCUT2D eigenvalue weighted by Gasteiger charge is 2.14. The van der Waals surface area contributed by atoms with Gasteiger partial charge in [0.25, 0.3) is 0 Å². The number of ether oxygens (including phenoxy) is 2. The zero-order chi connectivity index (χ0) is 20.8. The van der Waals surface area contributed by atoms with E-state index in [1.54, 1.807) is 30.3 Å². The van der Waals surface area contributed by atoms with Gasteiger partial charge in [0.05, 0.1) is 12.7 Å². The highest BCUT2D eigenvalue weighted by molar-refractivity contribution is 5.91. The molecule has 1 N–H and O–H groups in total. The van der Waals surface area contributed by atoms with Gasteiger partial charge in [-0.15, -0.1) is 0 Å². The van der Waals surface area contributed by atoms with Crippen LogP contribution in [0.2, 0.25) is 0 Å². The maximum absolute atomic E-state index is 13.8. The number of hydrogen-bond donors (Lipinski definition) is 1. The van der Waals surface area contributed by atoms with Crippen LogP contribution in [0.1, 0.15) is 12.2 Å². The summed E-state index contributed by atoms with van der Waals surface area (Å²) in [6, 6.07) is 13.7. The van der Waals surface area contributed by atoms with E-state index in [0.29, 0.717) is 17.1 Å². The number of rotatable bonds is 8. The van der Waals surface area contributed by atoms with Crippen LogP contribution < -0.4 is 14.8 Å². The predicted octanol–water partition coefficient (Wildman–Crippen LogP) is 5.27. The summed E-state index contributed by atoms with van der Waals surface area (Å²) in [6.07, 6.45) is 0.373. The third kappa shape index (κ3) is 5.31. The van der Waals surface area contributed by atoms with Crippen molar-refractivity contribution in [2.24, 2.45) is 0 Å².